The van der Waals surface area contributed by atoms with Crippen molar-refractivity contribution in [2.24, 2.45) is 0 Å². The SMILES string of the molecule is Cc1cc(C)c(OCC(=O)c2cc(C)n(C(C)C)c2C)c(C)c1. The number of hydrogen-bond donors (Lipinski definition) is 0. The molecule has 0 N–H and O–H groups in total. The second kappa shape index (κ2) is 6.61. The fourth-order valence-electron chi connectivity index (χ4n) is 3.46. The molecule has 124 valence electrons. The minimum atomic E-state index is 0.0318. The largest absolute Gasteiger partial charge is 0.485 e. The smallest absolute Gasteiger partial charge is 0.202 e. The Labute approximate surface area is 139 Å². The third-order valence-electron chi connectivity index (χ3n) is 4.25. The number of carbonyl (C=O) groups is 1. The highest BCUT2D eigenvalue weighted by atomic mass is 16.5. The van der Waals surface area contributed by atoms with Crippen LogP contribution in [0.1, 0.15) is 58.3 Å². The van der Waals surface area contributed by atoms with Gasteiger partial charge in [0.2, 0.25) is 5.78 Å². The molecule has 1 heterocycles. The monoisotopic (exact) mass is 313 g/mol. The quantitative estimate of drug-likeness (QED) is 0.737. The summed E-state index contributed by atoms with van der Waals surface area (Å²) in [5.41, 5.74) is 6.25. The van der Waals surface area contributed by atoms with Crippen molar-refractivity contribution in [2.45, 2.75) is 54.5 Å². The Morgan fingerprint density at radius 1 is 1.04 bits per heavy atom. The summed E-state index contributed by atoms with van der Waals surface area (Å²) >= 11 is 0. The van der Waals surface area contributed by atoms with Gasteiger partial charge in [-0.15, -0.1) is 0 Å². The lowest BCUT2D eigenvalue weighted by Gasteiger charge is -2.14. The van der Waals surface area contributed by atoms with E-state index in [0.717, 1.165) is 33.8 Å². The maximum absolute atomic E-state index is 12.6. The van der Waals surface area contributed by atoms with Gasteiger partial charge in [0.15, 0.2) is 6.61 Å². The van der Waals surface area contributed by atoms with Gasteiger partial charge in [0, 0.05) is 23.0 Å². The summed E-state index contributed by atoms with van der Waals surface area (Å²) in [4.78, 5) is 12.6. The van der Waals surface area contributed by atoms with E-state index in [1.54, 1.807) is 0 Å². The van der Waals surface area contributed by atoms with E-state index >= 15 is 0 Å². The summed E-state index contributed by atoms with van der Waals surface area (Å²) in [5.74, 6) is 0.853. The molecular formula is C20H27NO2. The topological polar surface area (TPSA) is 31.2 Å². The van der Waals surface area contributed by atoms with Crippen molar-refractivity contribution in [1.82, 2.24) is 4.57 Å². The Kier molecular flexibility index (Phi) is 4.98. The minimum absolute atomic E-state index is 0.0318. The van der Waals surface area contributed by atoms with E-state index in [4.69, 9.17) is 4.74 Å². The van der Waals surface area contributed by atoms with E-state index in [1.807, 2.05) is 33.8 Å². The fourth-order valence-corrected chi connectivity index (χ4v) is 3.46. The zero-order valence-electron chi connectivity index (χ0n) is 15.3. The van der Waals surface area contributed by atoms with Crippen LogP contribution in [0.15, 0.2) is 18.2 Å². The number of ether oxygens (including phenoxy) is 1. The first kappa shape index (κ1) is 17.3. The van der Waals surface area contributed by atoms with Crippen molar-refractivity contribution in [1.29, 1.82) is 0 Å². The van der Waals surface area contributed by atoms with Gasteiger partial charge in [-0.2, -0.15) is 0 Å². The van der Waals surface area contributed by atoms with Crippen LogP contribution < -0.4 is 4.74 Å². The Bertz CT molecular complexity index is 715. The molecule has 0 saturated carbocycles. The Balaban J connectivity index is 2.20. The molecule has 1 aromatic carbocycles. The van der Waals surface area contributed by atoms with Gasteiger partial charge < -0.3 is 9.30 Å². The molecule has 0 aliphatic rings. The molecule has 3 nitrogen and oxygen atoms in total. The first-order chi connectivity index (χ1) is 10.7. The zero-order chi connectivity index (χ0) is 17.3. The molecule has 0 spiro atoms. The minimum Gasteiger partial charge on any atom is -0.485 e. The molecule has 1 aromatic heterocycles. The van der Waals surface area contributed by atoms with E-state index in [-0.39, 0.29) is 12.4 Å². The lowest BCUT2D eigenvalue weighted by Crippen LogP contribution is -2.14. The second-order valence-electron chi connectivity index (χ2n) is 6.69. The number of benzene rings is 1. The molecule has 0 saturated heterocycles. The van der Waals surface area contributed by atoms with Crippen LogP contribution in [0.25, 0.3) is 0 Å². The molecule has 0 aliphatic heterocycles. The Hall–Kier alpha value is -2.03. The van der Waals surface area contributed by atoms with Crippen LogP contribution in [0.2, 0.25) is 0 Å². The van der Waals surface area contributed by atoms with Gasteiger partial charge in [-0.25, -0.2) is 0 Å². The van der Waals surface area contributed by atoms with Gasteiger partial charge in [0.05, 0.1) is 0 Å². The lowest BCUT2D eigenvalue weighted by molar-refractivity contribution is 0.0920. The van der Waals surface area contributed by atoms with Crippen LogP contribution in [-0.4, -0.2) is 17.0 Å². The molecule has 0 atom stereocenters. The van der Waals surface area contributed by atoms with E-state index in [0.29, 0.717) is 6.04 Å². The van der Waals surface area contributed by atoms with E-state index in [1.165, 1.54) is 5.56 Å². The number of ketones is 1. The summed E-state index contributed by atoms with van der Waals surface area (Å²) in [6.45, 7) is 14.5. The van der Waals surface area contributed by atoms with Crippen LogP contribution >= 0.6 is 0 Å². The third kappa shape index (κ3) is 3.49. The molecule has 2 rings (SSSR count). The van der Waals surface area contributed by atoms with Crippen molar-refractivity contribution in [3.63, 3.8) is 0 Å². The predicted molar refractivity (Wildman–Crippen MR) is 94.8 cm³/mol. The number of hydrogen-bond acceptors (Lipinski definition) is 2. The van der Waals surface area contributed by atoms with Crippen molar-refractivity contribution < 1.29 is 9.53 Å². The number of Topliss-reactive ketones (excluding diaryl/α,β-unsaturated/α-hetero) is 1. The molecule has 0 aliphatic carbocycles. The number of aryl methyl sites for hydroxylation is 4. The van der Waals surface area contributed by atoms with Crippen LogP contribution in [0.3, 0.4) is 0 Å². The van der Waals surface area contributed by atoms with Crippen LogP contribution in [0.4, 0.5) is 0 Å². The summed E-state index contributed by atoms with van der Waals surface area (Å²) in [5, 5.41) is 0. The normalized spacial score (nSPS) is 11.1. The van der Waals surface area contributed by atoms with Crippen LogP contribution in [-0.2, 0) is 0 Å². The number of aromatic nitrogens is 1. The average Bonchev–Trinajstić information content (AvgIpc) is 2.72. The zero-order valence-corrected chi connectivity index (χ0v) is 15.3. The Morgan fingerprint density at radius 2 is 1.61 bits per heavy atom. The molecule has 2 aromatic rings. The predicted octanol–water partition coefficient (Wildman–Crippen LogP) is 4.87. The number of nitrogens with zero attached hydrogens (tertiary/aromatic N) is 1. The first-order valence-corrected chi connectivity index (χ1v) is 8.14. The van der Waals surface area contributed by atoms with Crippen molar-refractivity contribution in [2.75, 3.05) is 6.61 Å². The summed E-state index contributed by atoms with van der Waals surface area (Å²) < 4.78 is 8.03. The Morgan fingerprint density at radius 3 is 2.09 bits per heavy atom. The van der Waals surface area contributed by atoms with Gasteiger partial charge in [-0.3, -0.25) is 4.79 Å². The van der Waals surface area contributed by atoms with Gasteiger partial charge in [-0.1, -0.05) is 17.7 Å². The fraction of sp³-hybridized carbons (Fsp3) is 0.450. The average molecular weight is 313 g/mol. The third-order valence-corrected chi connectivity index (χ3v) is 4.25. The summed E-state index contributed by atoms with van der Waals surface area (Å²) in [6.07, 6.45) is 0. The molecule has 0 amide bonds. The first-order valence-electron chi connectivity index (χ1n) is 8.14. The van der Waals surface area contributed by atoms with Crippen molar-refractivity contribution in [3.8, 4) is 5.75 Å². The summed E-state index contributed by atoms with van der Waals surface area (Å²) in [7, 11) is 0. The van der Waals surface area contributed by atoms with E-state index in [9.17, 15) is 4.79 Å². The lowest BCUT2D eigenvalue weighted by atomic mass is 10.1. The second-order valence-corrected chi connectivity index (χ2v) is 6.69. The highest BCUT2D eigenvalue weighted by Crippen LogP contribution is 2.25. The van der Waals surface area contributed by atoms with Gasteiger partial charge in [-0.05, 0) is 65.7 Å². The summed E-state index contributed by atoms with van der Waals surface area (Å²) in [6, 6.07) is 6.48. The van der Waals surface area contributed by atoms with Gasteiger partial charge >= 0.3 is 0 Å². The molecular weight excluding hydrogens is 286 g/mol. The molecule has 23 heavy (non-hydrogen) atoms. The highest BCUT2D eigenvalue weighted by molar-refractivity contribution is 5.98. The van der Waals surface area contributed by atoms with Crippen molar-refractivity contribution >= 4 is 5.78 Å². The highest BCUT2D eigenvalue weighted by Gasteiger charge is 2.18. The number of carbonyl (C=O) groups excluding carboxylic acids is 1. The van der Waals surface area contributed by atoms with Gasteiger partial charge in [0.25, 0.3) is 0 Å². The van der Waals surface area contributed by atoms with E-state index in [2.05, 4.69) is 37.5 Å². The van der Waals surface area contributed by atoms with Gasteiger partial charge in [0.1, 0.15) is 5.75 Å². The number of rotatable bonds is 5. The molecule has 3 heteroatoms. The van der Waals surface area contributed by atoms with Crippen LogP contribution in [0.5, 0.6) is 5.75 Å². The van der Waals surface area contributed by atoms with E-state index < -0.39 is 0 Å². The van der Waals surface area contributed by atoms with Crippen molar-refractivity contribution in [3.05, 3.63) is 51.8 Å². The van der Waals surface area contributed by atoms with Crippen LogP contribution in [0, 0.1) is 34.6 Å². The maximum atomic E-state index is 12.6. The standard InChI is InChI=1S/C20H27NO2/c1-12(2)21-16(6)10-18(17(21)7)19(22)11-23-20-14(4)8-13(3)9-15(20)5/h8-10,12H,11H2,1-7H3. The molecule has 0 radical (unpaired) electrons. The molecule has 0 bridgehead atoms. The molecule has 0 fully saturated rings. The molecule has 0 unspecified atom stereocenters. The maximum Gasteiger partial charge on any atom is 0.202 e.